The van der Waals surface area contributed by atoms with Gasteiger partial charge >= 0.3 is 0 Å². The van der Waals surface area contributed by atoms with Crippen molar-refractivity contribution < 1.29 is 4.42 Å². The van der Waals surface area contributed by atoms with Crippen molar-refractivity contribution in [3.63, 3.8) is 0 Å². The summed E-state index contributed by atoms with van der Waals surface area (Å²) in [6.45, 7) is 2.32. The first-order valence-corrected chi connectivity index (χ1v) is 22.1. The third-order valence-corrected chi connectivity index (χ3v) is 14.1. The molecule has 1 unspecified atom stereocenters. The van der Waals surface area contributed by atoms with Crippen LogP contribution in [-0.2, 0) is 0 Å². The number of furan rings is 1. The van der Waals surface area contributed by atoms with Crippen LogP contribution in [0.3, 0.4) is 0 Å². The van der Waals surface area contributed by atoms with E-state index in [1.165, 1.54) is 47.3 Å². The average Bonchev–Trinajstić information content (AvgIpc) is 3.98. The molecule has 0 saturated carbocycles. The normalized spacial score (nSPS) is 15.8. The summed E-state index contributed by atoms with van der Waals surface area (Å²) in [6.07, 6.45) is 3.11. The van der Waals surface area contributed by atoms with E-state index in [9.17, 15) is 0 Å². The Labute approximate surface area is 361 Å². The van der Waals surface area contributed by atoms with Crippen LogP contribution in [0.25, 0.3) is 96.8 Å². The van der Waals surface area contributed by atoms with Crippen molar-refractivity contribution >= 4 is 114 Å². The van der Waals surface area contributed by atoms with Crippen LogP contribution in [-0.4, -0.2) is 16.1 Å². The number of allylic oxidation sites excluding steroid dienone is 1. The summed E-state index contributed by atoms with van der Waals surface area (Å²) in [5.74, 6) is 0.784. The highest BCUT2D eigenvalue weighted by atomic mass is 32.1. The highest BCUT2D eigenvalue weighted by molar-refractivity contribution is 7.26. The molecule has 1 aliphatic rings. The number of aromatic nitrogens is 1. The number of thiophene rings is 1. The molecule has 4 heterocycles. The van der Waals surface area contributed by atoms with Crippen LogP contribution in [0.15, 0.2) is 202 Å². The van der Waals surface area contributed by atoms with E-state index in [0.717, 1.165) is 78.4 Å². The minimum Gasteiger partial charge on any atom is -0.456 e. The van der Waals surface area contributed by atoms with E-state index < -0.39 is 0 Å². The van der Waals surface area contributed by atoms with Crippen molar-refractivity contribution in [3.8, 4) is 5.69 Å². The maximum atomic E-state index is 6.66. The first kappa shape index (κ1) is 35.2. The van der Waals surface area contributed by atoms with E-state index in [-0.39, 0.29) is 5.92 Å². The monoisotopic (exact) mass is 811 g/mol. The van der Waals surface area contributed by atoms with Crippen molar-refractivity contribution in [1.82, 2.24) is 4.57 Å². The minimum absolute atomic E-state index is 0.0860. The van der Waals surface area contributed by atoms with Crippen molar-refractivity contribution in [2.75, 3.05) is 0 Å². The molecule has 0 spiro atoms. The minimum atomic E-state index is 0.0860. The lowest BCUT2D eigenvalue weighted by Gasteiger charge is -2.21. The quantitative estimate of drug-likeness (QED) is 0.175. The number of rotatable bonds is 4. The Morgan fingerprint density at radius 3 is 2.06 bits per heavy atom. The Kier molecular flexibility index (Phi) is 7.78. The third kappa shape index (κ3) is 5.38. The largest absolute Gasteiger partial charge is 0.456 e. The maximum absolute atomic E-state index is 6.66. The van der Waals surface area contributed by atoms with Crippen LogP contribution in [0.4, 0.5) is 0 Å². The van der Waals surface area contributed by atoms with Crippen molar-refractivity contribution in [3.05, 3.63) is 205 Å². The molecular formula is C57H37N3OS. The number of hydrogen-bond donors (Lipinski definition) is 0. The highest BCUT2D eigenvalue weighted by Crippen LogP contribution is 2.42. The molecular weight excluding hydrogens is 775 g/mol. The van der Waals surface area contributed by atoms with E-state index in [4.69, 9.17) is 14.4 Å². The SMILES string of the molecule is CC1C/C=C(\c2cc3c(cc2-n2c4ccccc4c4cc5ccccc5cc42)oc2ccccc23)N=C(c2cccc3ccccc23)N=C1c1cccc2c1sc1ccccc12. The van der Waals surface area contributed by atoms with Gasteiger partial charge in [-0.1, -0.05) is 153 Å². The number of nitrogens with zero attached hydrogens (tertiary/aromatic N) is 3. The fraction of sp³-hybridized carbons (Fsp3) is 0.0526. The Balaban J connectivity index is 1.12. The molecule has 0 fully saturated rings. The number of amidine groups is 1. The number of hydrogen-bond acceptors (Lipinski definition) is 4. The predicted octanol–water partition coefficient (Wildman–Crippen LogP) is 15.7. The zero-order valence-corrected chi connectivity index (χ0v) is 34.7. The molecule has 1 atom stereocenters. The zero-order valence-electron chi connectivity index (χ0n) is 33.8. The smallest absolute Gasteiger partial charge is 0.160 e. The van der Waals surface area contributed by atoms with E-state index in [1.54, 1.807) is 0 Å². The number of para-hydroxylation sites is 2. The van der Waals surface area contributed by atoms with Crippen LogP contribution in [0.1, 0.15) is 30.0 Å². The van der Waals surface area contributed by atoms with Crippen LogP contribution >= 0.6 is 11.3 Å². The highest BCUT2D eigenvalue weighted by Gasteiger charge is 2.25. The second kappa shape index (κ2) is 13.7. The molecule has 62 heavy (non-hydrogen) atoms. The van der Waals surface area contributed by atoms with Gasteiger partial charge in [-0.2, -0.15) is 0 Å². The summed E-state index contributed by atoms with van der Waals surface area (Å²) < 4.78 is 11.6. The van der Waals surface area contributed by atoms with Gasteiger partial charge in [0, 0.05) is 70.4 Å². The molecule has 0 aliphatic carbocycles. The molecule has 0 radical (unpaired) electrons. The van der Waals surface area contributed by atoms with E-state index in [0.29, 0.717) is 5.84 Å². The Hall–Kier alpha value is -7.60. The van der Waals surface area contributed by atoms with Gasteiger partial charge in [-0.25, -0.2) is 9.98 Å². The molecule has 1 aliphatic heterocycles. The van der Waals surface area contributed by atoms with Gasteiger partial charge in [0.15, 0.2) is 5.84 Å². The summed E-state index contributed by atoms with van der Waals surface area (Å²) in [7, 11) is 0. The molecule has 0 amide bonds. The van der Waals surface area contributed by atoms with Gasteiger partial charge in [0.1, 0.15) is 11.2 Å². The summed E-state index contributed by atoms with van der Waals surface area (Å²) in [4.78, 5) is 11.5. The molecule has 0 N–H and O–H groups in total. The van der Waals surface area contributed by atoms with Gasteiger partial charge in [-0.05, 0) is 64.4 Å². The second-order valence-electron chi connectivity index (χ2n) is 16.5. The number of benzene rings is 9. The lowest BCUT2D eigenvalue weighted by Crippen LogP contribution is -2.17. The first-order valence-electron chi connectivity index (χ1n) is 21.3. The molecule has 3 aromatic heterocycles. The van der Waals surface area contributed by atoms with Crippen LogP contribution < -0.4 is 0 Å². The van der Waals surface area contributed by atoms with Crippen molar-refractivity contribution in [1.29, 1.82) is 0 Å². The average molecular weight is 812 g/mol. The summed E-state index contributed by atoms with van der Waals surface area (Å²) in [5, 5.41) is 11.8. The van der Waals surface area contributed by atoms with E-state index in [2.05, 4.69) is 193 Å². The van der Waals surface area contributed by atoms with Gasteiger partial charge in [0.05, 0.1) is 28.1 Å². The van der Waals surface area contributed by atoms with Crippen molar-refractivity contribution in [2.45, 2.75) is 13.3 Å². The molecule has 13 rings (SSSR count). The second-order valence-corrected chi connectivity index (χ2v) is 17.6. The lowest BCUT2D eigenvalue weighted by molar-refractivity contribution is 0.668. The van der Waals surface area contributed by atoms with Crippen LogP contribution in [0, 0.1) is 5.92 Å². The number of fused-ring (bicyclic) bond motifs is 11. The summed E-state index contributed by atoms with van der Waals surface area (Å²) >= 11 is 1.85. The van der Waals surface area contributed by atoms with Crippen LogP contribution in [0.2, 0.25) is 0 Å². The maximum Gasteiger partial charge on any atom is 0.160 e. The Morgan fingerprint density at radius 1 is 0.500 bits per heavy atom. The Morgan fingerprint density at radius 2 is 1.18 bits per heavy atom. The van der Waals surface area contributed by atoms with E-state index >= 15 is 0 Å². The zero-order chi connectivity index (χ0) is 40.9. The van der Waals surface area contributed by atoms with Crippen molar-refractivity contribution in [2.24, 2.45) is 15.9 Å². The number of aliphatic imine (C=N–C) groups is 2. The van der Waals surface area contributed by atoms with Gasteiger partial charge < -0.3 is 8.98 Å². The summed E-state index contributed by atoms with van der Waals surface area (Å²) in [6, 6.07) is 65.4. The molecule has 12 aromatic rings. The lowest BCUT2D eigenvalue weighted by atomic mass is 9.92. The topological polar surface area (TPSA) is 42.8 Å². The van der Waals surface area contributed by atoms with Gasteiger partial charge in [-0.3, -0.25) is 0 Å². The standard InChI is InChI=1S/C57H37N3OS/c1-34-28-29-48(58-57(43-23-12-17-35-14-4-5-18-38(35)43)59-55(34)44-24-13-22-42-41-21-8-11-27-54(41)62-56(42)44)47-32-46-40-20-7-10-26-52(40)61-53(46)33-51(47)60-49-25-9-6-19-39(49)45-30-36-15-2-3-16-37(36)31-50(45)60/h2-27,29-34H,28H2,1H3/b48-29+,58-57?,59-55?. The third-order valence-electron chi connectivity index (χ3n) is 12.8. The fourth-order valence-corrected chi connectivity index (χ4v) is 11.1. The van der Waals surface area contributed by atoms with Gasteiger partial charge in [-0.15, -0.1) is 11.3 Å². The molecule has 0 bridgehead atoms. The van der Waals surface area contributed by atoms with Crippen LogP contribution in [0.5, 0.6) is 0 Å². The first-order chi connectivity index (χ1) is 30.6. The fourth-order valence-electron chi connectivity index (χ4n) is 9.86. The molecule has 5 heteroatoms. The predicted molar refractivity (Wildman–Crippen MR) is 264 cm³/mol. The van der Waals surface area contributed by atoms with Gasteiger partial charge in [0.25, 0.3) is 0 Å². The van der Waals surface area contributed by atoms with Gasteiger partial charge in [0.2, 0.25) is 0 Å². The molecule has 292 valence electrons. The molecule has 0 saturated heterocycles. The van der Waals surface area contributed by atoms with E-state index in [1.807, 2.05) is 17.4 Å². The summed E-state index contributed by atoms with van der Waals surface area (Å²) in [5.41, 5.74) is 10.1. The molecule has 9 aromatic carbocycles. The molecule has 4 nitrogen and oxygen atoms in total. The Bertz CT molecular complexity index is 3930.